The Morgan fingerprint density at radius 2 is 1.42 bits per heavy atom. The maximum atomic E-state index is 4.29. The van der Waals surface area contributed by atoms with Crippen molar-refractivity contribution in [2.45, 2.75) is 112 Å². The van der Waals surface area contributed by atoms with Crippen LogP contribution in [-0.2, 0) is 13.0 Å². The SMILES string of the molecule is CC(C)(C)C#CCCCCCCCCCCn1cc(CC(C)(C)C)nn1. The normalized spacial score (nSPS) is 12.1. The molecule has 0 saturated heterocycles. The van der Waals surface area contributed by atoms with Crippen LogP contribution in [0.1, 0.15) is 105 Å². The minimum absolute atomic E-state index is 0.153. The van der Waals surface area contributed by atoms with Gasteiger partial charge in [-0.05, 0) is 45.4 Å². The molecule has 0 fully saturated rings. The summed E-state index contributed by atoms with van der Waals surface area (Å²) in [6, 6.07) is 0. The fraction of sp³-hybridized carbons (Fsp3) is 0.826. The molecule has 0 bridgehead atoms. The van der Waals surface area contributed by atoms with Gasteiger partial charge in [0.1, 0.15) is 0 Å². The van der Waals surface area contributed by atoms with E-state index in [0.29, 0.717) is 0 Å². The Hall–Kier alpha value is -1.30. The van der Waals surface area contributed by atoms with Crippen LogP contribution in [0.15, 0.2) is 6.20 Å². The summed E-state index contributed by atoms with van der Waals surface area (Å²) in [7, 11) is 0. The molecule has 0 saturated carbocycles. The highest BCUT2D eigenvalue weighted by atomic mass is 15.4. The second kappa shape index (κ2) is 11.4. The molecule has 1 rings (SSSR count). The predicted molar refractivity (Wildman–Crippen MR) is 112 cm³/mol. The summed E-state index contributed by atoms with van der Waals surface area (Å²) in [5.74, 6) is 6.62. The lowest BCUT2D eigenvalue weighted by molar-refractivity contribution is 0.406. The number of rotatable bonds is 11. The van der Waals surface area contributed by atoms with Gasteiger partial charge in [0.15, 0.2) is 0 Å². The fourth-order valence-electron chi connectivity index (χ4n) is 2.95. The molecule has 1 aromatic rings. The van der Waals surface area contributed by atoms with E-state index in [1.165, 1.54) is 51.4 Å². The summed E-state index contributed by atoms with van der Waals surface area (Å²) >= 11 is 0. The molecule has 0 aliphatic rings. The molecule has 26 heavy (non-hydrogen) atoms. The number of unbranched alkanes of at least 4 members (excludes halogenated alkanes) is 8. The summed E-state index contributed by atoms with van der Waals surface area (Å²) in [6.45, 7) is 14.3. The van der Waals surface area contributed by atoms with Crippen molar-refractivity contribution in [2.75, 3.05) is 0 Å². The van der Waals surface area contributed by atoms with E-state index < -0.39 is 0 Å². The van der Waals surface area contributed by atoms with Crippen LogP contribution in [-0.4, -0.2) is 15.0 Å². The molecule has 148 valence electrons. The average Bonchev–Trinajstić information content (AvgIpc) is 2.92. The number of aromatic nitrogens is 3. The Morgan fingerprint density at radius 1 is 0.846 bits per heavy atom. The summed E-state index contributed by atoms with van der Waals surface area (Å²) in [4.78, 5) is 0. The largest absolute Gasteiger partial charge is 0.252 e. The second-order valence-corrected chi connectivity index (χ2v) is 9.84. The zero-order chi connectivity index (χ0) is 19.5. The molecule has 1 aromatic heterocycles. The first kappa shape index (κ1) is 22.7. The first-order chi connectivity index (χ1) is 12.2. The molecular formula is C23H41N3. The summed E-state index contributed by atoms with van der Waals surface area (Å²) in [5.41, 5.74) is 1.55. The van der Waals surface area contributed by atoms with E-state index in [4.69, 9.17) is 0 Å². The number of nitrogens with zero attached hydrogens (tertiary/aromatic N) is 3. The molecular weight excluding hydrogens is 318 g/mol. The van der Waals surface area contributed by atoms with Gasteiger partial charge in [-0.2, -0.15) is 0 Å². The third-order valence-electron chi connectivity index (χ3n) is 4.20. The van der Waals surface area contributed by atoms with Crippen LogP contribution in [0.4, 0.5) is 0 Å². The number of hydrogen-bond donors (Lipinski definition) is 0. The molecule has 3 nitrogen and oxygen atoms in total. The molecule has 0 radical (unpaired) electrons. The van der Waals surface area contributed by atoms with Crippen molar-refractivity contribution < 1.29 is 0 Å². The smallest absolute Gasteiger partial charge is 0.0832 e. The lowest BCUT2D eigenvalue weighted by atomic mass is 9.91. The van der Waals surface area contributed by atoms with Crippen LogP contribution in [0.5, 0.6) is 0 Å². The van der Waals surface area contributed by atoms with Gasteiger partial charge in [0, 0.05) is 24.6 Å². The first-order valence-electron chi connectivity index (χ1n) is 10.5. The Balaban J connectivity index is 1.96. The van der Waals surface area contributed by atoms with Crippen molar-refractivity contribution >= 4 is 0 Å². The van der Waals surface area contributed by atoms with Gasteiger partial charge < -0.3 is 0 Å². The van der Waals surface area contributed by atoms with Crippen molar-refractivity contribution in [3.63, 3.8) is 0 Å². The molecule has 0 N–H and O–H groups in total. The van der Waals surface area contributed by atoms with E-state index in [9.17, 15) is 0 Å². The summed E-state index contributed by atoms with van der Waals surface area (Å²) in [5, 5.41) is 8.54. The Morgan fingerprint density at radius 3 is 2.00 bits per heavy atom. The van der Waals surface area contributed by atoms with Crippen molar-refractivity contribution in [3.8, 4) is 11.8 Å². The summed E-state index contributed by atoms with van der Waals surface area (Å²) < 4.78 is 2.01. The van der Waals surface area contributed by atoms with E-state index in [-0.39, 0.29) is 10.8 Å². The van der Waals surface area contributed by atoms with Crippen LogP contribution in [0, 0.1) is 22.7 Å². The van der Waals surface area contributed by atoms with E-state index in [1.807, 2.05) is 4.68 Å². The van der Waals surface area contributed by atoms with Gasteiger partial charge in [0.2, 0.25) is 0 Å². The van der Waals surface area contributed by atoms with Crippen molar-refractivity contribution in [1.82, 2.24) is 15.0 Å². The van der Waals surface area contributed by atoms with Gasteiger partial charge in [-0.15, -0.1) is 11.0 Å². The monoisotopic (exact) mass is 359 g/mol. The predicted octanol–water partition coefficient (Wildman–Crippen LogP) is 6.43. The van der Waals surface area contributed by atoms with Gasteiger partial charge in [-0.3, -0.25) is 4.68 Å². The zero-order valence-electron chi connectivity index (χ0n) is 18.2. The van der Waals surface area contributed by atoms with E-state index >= 15 is 0 Å². The maximum absolute atomic E-state index is 4.29. The molecule has 0 aromatic carbocycles. The minimum atomic E-state index is 0.153. The first-order valence-corrected chi connectivity index (χ1v) is 10.5. The zero-order valence-corrected chi connectivity index (χ0v) is 18.2. The van der Waals surface area contributed by atoms with Crippen LogP contribution in [0.2, 0.25) is 0 Å². The highest BCUT2D eigenvalue weighted by Gasteiger charge is 2.13. The Bertz CT molecular complexity index is 546. The molecule has 0 amide bonds. The van der Waals surface area contributed by atoms with Crippen LogP contribution in [0.3, 0.4) is 0 Å². The minimum Gasteiger partial charge on any atom is -0.252 e. The van der Waals surface area contributed by atoms with Gasteiger partial charge >= 0.3 is 0 Å². The Kier molecular flexibility index (Phi) is 9.99. The number of hydrogen-bond acceptors (Lipinski definition) is 2. The molecule has 3 heteroatoms. The van der Waals surface area contributed by atoms with Crippen LogP contribution in [0.25, 0.3) is 0 Å². The lowest BCUT2D eigenvalue weighted by Crippen LogP contribution is -2.09. The number of aryl methyl sites for hydroxylation is 1. The highest BCUT2D eigenvalue weighted by Crippen LogP contribution is 2.19. The highest BCUT2D eigenvalue weighted by molar-refractivity contribution is 5.06. The van der Waals surface area contributed by atoms with E-state index in [2.05, 4.69) is 69.9 Å². The van der Waals surface area contributed by atoms with Crippen molar-refractivity contribution in [1.29, 1.82) is 0 Å². The lowest BCUT2D eigenvalue weighted by Gasteiger charge is -2.15. The average molecular weight is 360 g/mol. The van der Waals surface area contributed by atoms with Crippen LogP contribution >= 0.6 is 0 Å². The van der Waals surface area contributed by atoms with E-state index in [1.54, 1.807) is 0 Å². The fourth-order valence-corrected chi connectivity index (χ4v) is 2.95. The van der Waals surface area contributed by atoms with Gasteiger partial charge in [-0.25, -0.2) is 0 Å². The molecule has 0 spiro atoms. The van der Waals surface area contributed by atoms with Gasteiger partial charge in [-0.1, -0.05) is 70.4 Å². The van der Waals surface area contributed by atoms with Gasteiger partial charge in [0.05, 0.1) is 5.69 Å². The molecule has 0 aliphatic carbocycles. The molecule has 1 heterocycles. The molecule has 0 aliphatic heterocycles. The van der Waals surface area contributed by atoms with Crippen molar-refractivity contribution in [3.05, 3.63) is 11.9 Å². The third-order valence-corrected chi connectivity index (χ3v) is 4.20. The Labute approximate surface area is 162 Å². The standard InChI is InChI=1S/C23H41N3/c1-22(2,3)17-15-13-11-9-7-8-10-12-14-16-18-26-20-21(24-25-26)19-23(4,5)6/h20H,7-14,16,18-19H2,1-6H3. The van der Waals surface area contributed by atoms with E-state index in [0.717, 1.165) is 25.1 Å². The quantitative estimate of drug-likeness (QED) is 0.337. The van der Waals surface area contributed by atoms with Crippen molar-refractivity contribution in [2.24, 2.45) is 10.8 Å². The topological polar surface area (TPSA) is 30.7 Å². The summed E-state index contributed by atoms with van der Waals surface area (Å²) in [6.07, 6.45) is 14.7. The van der Waals surface area contributed by atoms with Gasteiger partial charge in [0.25, 0.3) is 0 Å². The third kappa shape index (κ3) is 13.0. The molecule has 0 atom stereocenters. The van der Waals surface area contributed by atoms with Crippen LogP contribution < -0.4 is 0 Å². The second-order valence-electron chi connectivity index (χ2n) is 9.84. The molecule has 0 unspecified atom stereocenters. The maximum Gasteiger partial charge on any atom is 0.0832 e.